The average Bonchev–Trinajstić information content (AvgIpc) is 1.51. The van der Waals surface area contributed by atoms with Crippen LogP contribution in [-0.4, -0.2) is 0 Å². The van der Waals surface area contributed by atoms with Crippen LogP contribution in [0.1, 0.15) is 220 Å². The first kappa shape index (κ1) is 69.8. The molecule has 0 saturated carbocycles. The van der Waals surface area contributed by atoms with Gasteiger partial charge in [0.1, 0.15) is 0 Å². The van der Waals surface area contributed by atoms with Gasteiger partial charge in [-0.25, -0.2) is 0 Å². The largest absolute Gasteiger partial charge is 0.103 e. The van der Waals surface area contributed by atoms with E-state index >= 15 is 0 Å². The SMILES string of the molecule is C=CCCc1ccc2c(c1)-c1cc(CCC=C)ccc1C21c2cc(C)ccc2-c2ccc(C)cc21.Cc1ccc2c(c1)C(CCCCCc1ccc3c(c1)CC3)(c1ccc3c(c1)CC3)c1cc(C)ccc1-2.Cc1ccc2c(c1)C(CCCc1ccc3c(c1)CC3)(CCCc1ccc3c(c1)CC3)c1cc(C)ccc1-2. The fraction of sp³-hybridized carbons (Fsp3) is 0.296. The minimum absolute atomic E-state index is 0.0387. The van der Waals surface area contributed by atoms with Crippen molar-refractivity contribution in [1.29, 1.82) is 0 Å². The van der Waals surface area contributed by atoms with E-state index in [0.29, 0.717) is 0 Å². The normalized spacial score (nSPS) is 15.1. The fourth-order valence-corrected chi connectivity index (χ4v) is 20.9. The highest BCUT2D eigenvalue weighted by molar-refractivity contribution is 5.96. The number of benzene rings is 12. The second-order valence-corrected chi connectivity index (χ2v) is 34.0. The highest BCUT2D eigenvalue weighted by Crippen LogP contribution is 2.64. The number of aryl methyl sites for hydroxylation is 19. The van der Waals surface area contributed by atoms with Crippen LogP contribution in [0.3, 0.4) is 0 Å². The van der Waals surface area contributed by atoms with E-state index in [1.165, 1.54) is 267 Å². The van der Waals surface area contributed by atoms with E-state index in [2.05, 4.69) is 273 Å². The van der Waals surface area contributed by atoms with Gasteiger partial charge in [0.15, 0.2) is 0 Å². The molecule has 1 spiro atoms. The summed E-state index contributed by atoms with van der Waals surface area (Å²) < 4.78 is 0. The fourth-order valence-electron chi connectivity index (χ4n) is 20.9. The lowest BCUT2D eigenvalue weighted by molar-refractivity contribution is 0.418. The third kappa shape index (κ3) is 12.2. The Morgan fingerprint density at radius 1 is 0.250 bits per heavy atom. The van der Waals surface area contributed by atoms with Crippen LogP contribution in [0.4, 0.5) is 0 Å². The van der Waals surface area contributed by atoms with Crippen molar-refractivity contribution in [2.45, 2.75) is 205 Å². The maximum atomic E-state index is 3.94. The number of hydrogen-bond donors (Lipinski definition) is 0. The molecule has 0 unspecified atom stereocenters. The van der Waals surface area contributed by atoms with Crippen molar-refractivity contribution in [1.82, 2.24) is 0 Å². The monoisotopic (exact) mass is 1400 g/mol. The highest BCUT2D eigenvalue weighted by Gasteiger charge is 2.52. The number of fused-ring (bicyclic) bond motifs is 20. The van der Waals surface area contributed by atoms with Gasteiger partial charge in [-0.2, -0.15) is 0 Å². The zero-order valence-corrected chi connectivity index (χ0v) is 65.1. The second kappa shape index (κ2) is 28.6. The van der Waals surface area contributed by atoms with Crippen LogP contribution < -0.4 is 0 Å². The standard InChI is InChI=1S/C37H38.C36H36.C35H32/c1-25-7-17-33-34-18-8-26(2)22-36(34)37(35(33)21-25,19-3-5-27-9-11-29-13-15-31(29)23-27)20-4-6-28-10-12-30-14-16-32(30)24-28;1-24-7-17-32-33-18-8-25(2)21-35(33)36(34(32)20-24,31-16-15-28-12-14-30(28)23-31)19-5-3-4-6-26-9-10-27-11-13-29(27)22-26;1-5-7-9-25-13-17-31-29(21-25)30-22-26(10-8-6-2)14-18-32(30)35(31)33-19-23(3)11-15-27(33)28-16-12-24(4)20-34(28)35/h7-12,17-18,21-24H,3-6,13-16,19-20H2,1-2H3;7-10,15-18,20-23H,3-6,11-14,19H2,1-2H3;5-6,11-22H,1-2,7-10H2,3-4H3. The van der Waals surface area contributed by atoms with E-state index in [9.17, 15) is 0 Å². The Labute approximate surface area is 645 Å². The number of rotatable bonds is 21. The molecule has 0 heterocycles. The van der Waals surface area contributed by atoms with Crippen LogP contribution in [0.25, 0.3) is 44.5 Å². The molecular formula is C108H106. The quantitative estimate of drug-likeness (QED) is 0.0497. The molecular weight excluding hydrogens is 1300 g/mol. The number of unbranched alkanes of at least 4 members (excludes halogenated alkanes) is 2. The average molecular weight is 1400 g/mol. The van der Waals surface area contributed by atoms with Crippen molar-refractivity contribution in [3.63, 3.8) is 0 Å². The second-order valence-electron chi connectivity index (χ2n) is 34.0. The molecule has 0 aliphatic heterocycles. The summed E-state index contributed by atoms with van der Waals surface area (Å²) in [6.45, 7) is 21.4. The Morgan fingerprint density at radius 2 is 0.574 bits per heavy atom. The molecule has 0 heteroatoms. The molecule has 12 aromatic carbocycles. The van der Waals surface area contributed by atoms with Gasteiger partial charge in [0.25, 0.3) is 0 Å². The smallest absolute Gasteiger partial charge is 0.0725 e. The van der Waals surface area contributed by atoms with E-state index in [1.807, 2.05) is 12.2 Å². The van der Waals surface area contributed by atoms with Crippen LogP contribution in [0, 0.1) is 41.5 Å². The maximum absolute atomic E-state index is 3.94. The summed E-state index contributed by atoms with van der Waals surface area (Å²) in [6, 6.07) is 86.4. The molecule has 0 fully saturated rings. The van der Waals surface area contributed by atoms with Crippen molar-refractivity contribution >= 4 is 0 Å². The van der Waals surface area contributed by atoms with E-state index in [-0.39, 0.29) is 16.2 Å². The maximum Gasteiger partial charge on any atom is 0.0725 e. The summed E-state index contributed by atoms with van der Waals surface area (Å²) in [5.41, 5.74) is 52.7. The molecule has 8 aliphatic carbocycles. The molecule has 0 saturated heterocycles. The number of hydrogen-bond acceptors (Lipinski definition) is 0. The van der Waals surface area contributed by atoms with Crippen LogP contribution in [-0.2, 0) is 99.7 Å². The molecule has 8 aliphatic rings. The molecule has 12 aromatic rings. The van der Waals surface area contributed by atoms with Crippen molar-refractivity contribution in [2.75, 3.05) is 0 Å². The van der Waals surface area contributed by atoms with Gasteiger partial charge in [-0.05, 0) is 343 Å². The Morgan fingerprint density at radius 3 is 0.944 bits per heavy atom. The van der Waals surface area contributed by atoms with Crippen molar-refractivity contribution in [2.24, 2.45) is 0 Å². The van der Waals surface area contributed by atoms with Gasteiger partial charge in [0.05, 0.1) is 5.41 Å². The molecule has 0 aromatic heterocycles. The summed E-state index contributed by atoms with van der Waals surface area (Å²) >= 11 is 0. The lowest BCUT2D eigenvalue weighted by Gasteiger charge is -2.35. The van der Waals surface area contributed by atoms with Crippen molar-refractivity contribution in [3.05, 3.63) is 399 Å². The summed E-state index contributed by atoms with van der Waals surface area (Å²) in [4.78, 5) is 0. The van der Waals surface area contributed by atoms with E-state index in [4.69, 9.17) is 0 Å². The molecule has 20 rings (SSSR count). The third-order valence-corrected chi connectivity index (χ3v) is 27.0. The number of allylic oxidation sites excluding steroid dienone is 2. The Bertz CT molecular complexity index is 5290. The third-order valence-electron chi connectivity index (χ3n) is 27.0. The summed E-state index contributed by atoms with van der Waals surface area (Å²) in [5.74, 6) is 0. The van der Waals surface area contributed by atoms with Gasteiger partial charge in [-0.3, -0.25) is 0 Å². The predicted octanol–water partition coefficient (Wildman–Crippen LogP) is 26.3. The molecule has 0 atom stereocenters. The molecule has 0 radical (unpaired) electrons. The van der Waals surface area contributed by atoms with Gasteiger partial charge in [-0.15, -0.1) is 13.2 Å². The lowest BCUT2D eigenvalue weighted by atomic mass is 9.67. The minimum Gasteiger partial charge on any atom is -0.103 e. The first-order chi connectivity index (χ1) is 52.8. The Kier molecular flexibility index (Phi) is 18.5. The minimum atomic E-state index is -0.263. The summed E-state index contributed by atoms with van der Waals surface area (Å²) in [7, 11) is 0. The molecule has 0 amide bonds. The van der Waals surface area contributed by atoms with E-state index in [1.54, 1.807) is 55.6 Å². The topological polar surface area (TPSA) is 0 Å². The molecule has 0 bridgehead atoms. The Balaban J connectivity index is 0.000000114. The molecule has 538 valence electrons. The van der Waals surface area contributed by atoms with Crippen LogP contribution >= 0.6 is 0 Å². The molecule has 0 N–H and O–H groups in total. The summed E-state index contributed by atoms with van der Waals surface area (Å²) in [5, 5.41) is 0. The van der Waals surface area contributed by atoms with Crippen LogP contribution in [0.5, 0.6) is 0 Å². The van der Waals surface area contributed by atoms with Gasteiger partial charge in [0, 0.05) is 10.8 Å². The first-order valence-corrected chi connectivity index (χ1v) is 41.4. The van der Waals surface area contributed by atoms with Crippen molar-refractivity contribution in [3.8, 4) is 44.5 Å². The highest BCUT2D eigenvalue weighted by atomic mass is 14.5. The summed E-state index contributed by atoms with van der Waals surface area (Å²) in [6.07, 6.45) is 31.7. The van der Waals surface area contributed by atoms with Gasteiger partial charge < -0.3 is 0 Å². The zero-order chi connectivity index (χ0) is 73.4. The van der Waals surface area contributed by atoms with Crippen molar-refractivity contribution < 1.29 is 0 Å². The molecule has 108 heavy (non-hydrogen) atoms. The molecule has 0 nitrogen and oxygen atoms in total. The van der Waals surface area contributed by atoms with Crippen LogP contribution in [0.15, 0.2) is 244 Å². The van der Waals surface area contributed by atoms with Gasteiger partial charge >= 0.3 is 0 Å². The van der Waals surface area contributed by atoms with Gasteiger partial charge in [-0.1, -0.05) is 277 Å². The lowest BCUT2D eigenvalue weighted by Crippen LogP contribution is -2.28. The van der Waals surface area contributed by atoms with Gasteiger partial charge in [0.2, 0.25) is 0 Å². The van der Waals surface area contributed by atoms with E-state index in [0.717, 1.165) is 25.7 Å². The van der Waals surface area contributed by atoms with E-state index < -0.39 is 0 Å². The predicted molar refractivity (Wildman–Crippen MR) is 456 cm³/mol. The van der Waals surface area contributed by atoms with Crippen LogP contribution in [0.2, 0.25) is 0 Å². The first-order valence-electron chi connectivity index (χ1n) is 41.4. The zero-order valence-electron chi connectivity index (χ0n) is 65.1. The Hall–Kier alpha value is -9.88.